The minimum atomic E-state index is -0.448. The van der Waals surface area contributed by atoms with Gasteiger partial charge in [-0.25, -0.2) is 9.45 Å². The van der Waals surface area contributed by atoms with E-state index in [0.29, 0.717) is 22.2 Å². The third-order valence-electron chi connectivity index (χ3n) is 4.20. The van der Waals surface area contributed by atoms with Crippen molar-refractivity contribution in [1.29, 1.82) is 5.41 Å². The Kier molecular flexibility index (Phi) is 6.45. The maximum atomic E-state index is 13.2. The van der Waals surface area contributed by atoms with Gasteiger partial charge in [0.2, 0.25) is 5.88 Å². The van der Waals surface area contributed by atoms with Crippen LogP contribution < -0.4 is 10.1 Å². The second-order valence-corrected chi connectivity index (χ2v) is 7.96. The van der Waals surface area contributed by atoms with Gasteiger partial charge in [0.15, 0.2) is 5.84 Å². The number of aromatic hydroxyl groups is 1. The van der Waals surface area contributed by atoms with Gasteiger partial charge in [-0.2, -0.15) is 4.37 Å². The Hall–Kier alpha value is -2.88. The number of benzene rings is 2. The van der Waals surface area contributed by atoms with Crippen molar-refractivity contribution in [2.45, 2.75) is 26.8 Å². The molecule has 0 aliphatic rings. The molecule has 10 heteroatoms. The van der Waals surface area contributed by atoms with Crippen LogP contribution in [0.25, 0.3) is 0 Å². The molecule has 0 unspecified atom stereocenters. The molecule has 0 amide bonds. The van der Waals surface area contributed by atoms with E-state index >= 15 is 0 Å². The van der Waals surface area contributed by atoms with Crippen LogP contribution in [-0.2, 0) is 0 Å². The first-order valence-corrected chi connectivity index (χ1v) is 10.1. The summed E-state index contributed by atoms with van der Waals surface area (Å²) in [5, 5.41) is 32.7. The number of halogens is 2. The van der Waals surface area contributed by atoms with Gasteiger partial charge in [0.1, 0.15) is 27.9 Å². The van der Waals surface area contributed by atoms with Crippen LogP contribution in [0, 0.1) is 18.2 Å². The molecule has 0 saturated carbocycles. The monoisotopic (exact) mass is 450 g/mol. The first-order chi connectivity index (χ1) is 14.2. The summed E-state index contributed by atoms with van der Waals surface area (Å²) in [6.45, 7) is 5.28. The quantitative estimate of drug-likeness (QED) is 0.211. The van der Waals surface area contributed by atoms with E-state index in [0.717, 1.165) is 22.2 Å². The minimum Gasteiger partial charge on any atom is -0.492 e. The molecule has 0 saturated heterocycles. The maximum Gasteiger partial charge on any atom is 0.236 e. The standard InChI is InChI=1S/C20H20ClFN4O3S/c1-10(2)26(28)18(23)17-19(27)25-30-20(17)24-15-6-5-13(8-11(15)3)29-16-7-4-12(22)9-14(16)21/h4-10,23-24,28H,1-3H3,(H,25,27). The molecule has 1 aromatic heterocycles. The summed E-state index contributed by atoms with van der Waals surface area (Å²) < 4.78 is 22.8. The molecule has 4 N–H and O–H groups in total. The van der Waals surface area contributed by atoms with Crippen LogP contribution in [0.3, 0.4) is 0 Å². The average Bonchev–Trinajstić information content (AvgIpc) is 3.05. The molecule has 7 nitrogen and oxygen atoms in total. The van der Waals surface area contributed by atoms with E-state index in [-0.39, 0.29) is 28.3 Å². The molecule has 0 spiro atoms. The number of aryl methyl sites for hydroxylation is 1. The van der Waals surface area contributed by atoms with Crippen molar-refractivity contribution in [1.82, 2.24) is 9.44 Å². The summed E-state index contributed by atoms with van der Waals surface area (Å²) in [4.78, 5) is 0. The first kappa shape index (κ1) is 21.8. The summed E-state index contributed by atoms with van der Waals surface area (Å²) in [6, 6.07) is 8.76. The van der Waals surface area contributed by atoms with Gasteiger partial charge in [0.05, 0.1) is 11.1 Å². The molecule has 0 aliphatic carbocycles. The number of amidine groups is 1. The lowest BCUT2D eigenvalue weighted by atomic mass is 10.2. The Balaban J connectivity index is 1.83. The Bertz CT molecular complexity index is 1090. The number of rotatable bonds is 6. The van der Waals surface area contributed by atoms with Crippen molar-refractivity contribution >= 4 is 39.7 Å². The van der Waals surface area contributed by atoms with Crippen molar-refractivity contribution in [3.05, 3.63) is 58.4 Å². The second-order valence-electron chi connectivity index (χ2n) is 6.78. The van der Waals surface area contributed by atoms with Crippen molar-refractivity contribution in [2.75, 3.05) is 5.32 Å². The highest BCUT2D eigenvalue weighted by molar-refractivity contribution is 7.11. The van der Waals surface area contributed by atoms with Crippen molar-refractivity contribution in [3.63, 3.8) is 0 Å². The van der Waals surface area contributed by atoms with Gasteiger partial charge in [-0.15, -0.1) is 0 Å². The highest BCUT2D eigenvalue weighted by atomic mass is 35.5. The lowest BCUT2D eigenvalue weighted by Gasteiger charge is -2.21. The summed E-state index contributed by atoms with van der Waals surface area (Å²) in [5.41, 5.74) is 1.61. The number of hydrogen-bond donors (Lipinski definition) is 4. The third kappa shape index (κ3) is 4.64. The second kappa shape index (κ2) is 8.86. The molecule has 30 heavy (non-hydrogen) atoms. The van der Waals surface area contributed by atoms with Crippen molar-refractivity contribution in [2.24, 2.45) is 0 Å². The summed E-state index contributed by atoms with van der Waals surface area (Å²) in [6.07, 6.45) is 0. The predicted molar refractivity (Wildman–Crippen MR) is 115 cm³/mol. The highest BCUT2D eigenvalue weighted by Crippen LogP contribution is 2.36. The number of anilines is 2. The average molecular weight is 451 g/mol. The van der Waals surface area contributed by atoms with Crippen LogP contribution in [0.15, 0.2) is 36.4 Å². The number of nitrogens with one attached hydrogen (secondary N) is 2. The fraction of sp³-hybridized carbons (Fsp3) is 0.200. The molecule has 0 atom stereocenters. The largest absolute Gasteiger partial charge is 0.492 e. The van der Waals surface area contributed by atoms with E-state index in [1.54, 1.807) is 32.0 Å². The zero-order valence-electron chi connectivity index (χ0n) is 16.4. The first-order valence-electron chi connectivity index (χ1n) is 8.93. The minimum absolute atomic E-state index is 0.106. The molecular formula is C20H20ClFN4O3S. The Morgan fingerprint density at radius 3 is 2.67 bits per heavy atom. The molecule has 2 aromatic carbocycles. The third-order valence-corrected chi connectivity index (χ3v) is 5.25. The summed E-state index contributed by atoms with van der Waals surface area (Å²) >= 11 is 6.98. The summed E-state index contributed by atoms with van der Waals surface area (Å²) in [7, 11) is 0. The zero-order chi connectivity index (χ0) is 22.0. The van der Waals surface area contributed by atoms with Crippen LogP contribution in [-0.4, -0.2) is 31.6 Å². The zero-order valence-corrected chi connectivity index (χ0v) is 18.0. The van der Waals surface area contributed by atoms with Crippen LogP contribution in [0.1, 0.15) is 25.0 Å². The molecule has 3 rings (SSSR count). The normalized spacial score (nSPS) is 10.9. The fourth-order valence-electron chi connectivity index (χ4n) is 2.60. The molecule has 1 heterocycles. The number of aromatic nitrogens is 1. The van der Waals surface area contributed by atoms with Crippen molar-refractivity contribution in [3.8, 4) is 17.4 Å². The molecule has 158 valence electrons. The predicted octanol–water partition coefficient (Wildman–Crippen LogP) is 5.91. The highest BCUT2D eigenvalue weighted by Gasteiger charge is 2.23. The van der Waals surface area contributed by atoms with Crippen LogP contribution in [0.4, 0.5) is 15.1 Å². The lowest BCUT2D eigenvalue weighted by Crippen LogP contribution is -2.33. The Morgan fingerprint density at radius 2 is 2.03 bits per heavy atom. The van der Waals surface area contributed by atoms with Gasteiger partial charge in [-0.3, -0.25) is 10.6 Å². The number of hydrogen-bond acceptors (Lipinski definition) is 7. The summed E-state index contributed by atoms with van der Waals surface area (Å²) in [5.74, 6) is -0.208. The van der Waals surface area contributed by atoms with Gasteiger partial charge in [-0.05, 0) is 74.3 Å². The van der Waals surface area contributed by atoms with E-state index in [1.807, 2.05) is 6.92 Å². The molecule has 0 radical (unpaired) electrons. The van der Waals surface area contributed by atoms with Crippen LogP contribution in [0.2, 0.25) is 5.02 Å². The van der Waals surface area contributed by atoms with Gasteiger partial charge >= 0.3 is 0 Å². The number of nitrogens with zero attached hydrogens (tertiary/aromatic N) is 2. The van der Waals surface area contributed by atoms with E-state index in [2.05, 4.69) is 9.69 Å². The molecular weight excluding hydrogens is 431 g/mol. The fourth-order valence-corrected chi connectivity index (χ4v) is 3.51. The maximum absolute atomic E-state index is 13.2. The van der Waals surface area contributed by atoms with Crippen molar-refractivity contribution < 1.29 is 19.4 Å². The van der Waals surface area contributed by atoms with E-state index < -0.39 is 5.82 Å². The molecule has 3 aromatic rings. The smallest absolute Gasteiger partial charge is 0.236 e. The molecule has 0 aliphatic heterocycles. The molecule has 0 fully saturated rings. The van der Waals surface area contributed by atoms with Crippen LogP contribution in [0.5, 0.6) is 17.4 Å². The van der Waals surface area contributed by atoms with Gasteiger partial charge in [0.25, 0.3) is 0 Å². The SMILES string of the molecule is Cc1cc(Oc2ccc(F)cc2Cl)ccc1Nc1snc(O)c1C(=N)N(O)C(C)C. The number of ether oxygens (including phenoxy) is 1. The van der Waals surface area contributed by atoms with Gasteiger partial charge in [0, 0.05) is 5.69 Å². The van der Waals surface area contributed by atoms with E-state index in [9.17, 15) is 14.7 Å². The van der Waals surface area contributed by atoms with E-state index in [4.69, 9.17) is 21.7 Å². The van der Waals surface area contributed by atoms with Gasteiger partial charge in [-0.1, -0.05) is 11.6 Å². The topological polar surface area (TPSA) is 102 Å². The lowest BCUT2D eigenvalue weighted by molar-refractivity contribution is -0.0422. The number of hydroxylamine groups is 2. The van der Waals surface area contributed by atoms with Crippen LogP contribution >= 0.6 is 23.1 Å². The Morgan fingerprint density at radius 1 is 1.30 bits per heavy atom. The molecule has 0 bridgehead atoms. The Labute approximate surface area is 181 Å². The van der Waals surface area contributed by atoms with E-state index in [1.165, 1.54) is 18.2 Å². The van der Waals surface area contributed by atoms with Gasteiger partial charge < -0.3 is 15.2 Å².